The first-order chi connectivity index (χ1) is 11.7. The molecular weight excluding hydrogens is 319 g/mol. The van der Waals surface area contributed by atoms with Gasteiger partial charge in [0.25, 0.3) is 5.91 Å². The minimum Gasteiger partial charge on any atom is -0.355 e. The van der Waals surface area contributed by atoms with Crippen LogP contribution < -0.4 is 16.0 Å². The van der Waals surface area contributed by atoms with Crippen LogP contribution in [0.15, 0.2) is 29.3 Å². The van der Waals surface area contributed by atoms with E-state index in [0.717, 1.165) is 12.8 Å². The molecule has 0 aromatic heterocycles. The van der Waals surface area contributed by atoms with Gasteiger partial charge in [0.1, 0.15) is 5.82 Å². The second-order valence-electron chi connectivity index (χ2n) is 7.38. The van der Waals surface area contributed by atoms with Crippen LogP contribution in [0.1, 0.15) is 50.9 Å². The van der Waals surface area contributed by atoms with Crippen LogP contribution in [0, 0.1) is 11.2 Å². The summed E-state index contributed by atoms with van der Waals surface area (Å²) >= 11 is 0. The molecule has 0 aliphatic carbocycles. The number of hydrogen-bond acceptors (Lipinski definition) is 2. The Morgan fingerprint density at radius 3 is 2.44 bits per heavy atom. The van der Waals surface area contributed by atoms with E-state index in [1.54, 1.807) is 19.2 Å². The number of rotatable bonds is 7. The number of amides is 1. The van der Waals surface area contributed by atoms with Gasteiger partial charge >= 0.3 is 0 Å². The topological polar surface area (TPSA) is 65.5 Å². The summed E-state index contributed by atoms with van der Waals surface area (Å²) in [5.41, 5.74) is 0.366. The minimum atomic E-state index is -0.516. The number of carbonyl (C=O) groups excluding carboxylic acids is 1. The summed E-state index contributed by atoms with van der Waals surface area (Å²) in [7, 11) is 1.71. The van der Waals surface area contributed by atoms with E-state index < -0.39 is 11.7 Å². The predicted molar refractivity (Wildman–Crippen MR) is 101 cm³/mol. The van der Waals surface area contributed by atoms with Crippen LogP contribution >= 0.6 is 0 Å². The van der Waals surface area contributed by atoms with E-state index >= 15 is 0 Å². The Morgan fingerprint density at radius 1 is 1.20 bits per heavy atom. The Labute approximate surface area is 150 Å². The average molecular weight is 350 g/mol. The molecule has 1 unspecified atom stereocenters. The Bertz CT molecular complexity index is 581. The smallest absolute Gasteiger partial charge is 0.254 e. The molecule has 0 heterocycles. The lowest BCUT2D eigenvalue weighted by molar-refractivity contribution is 0.0950. The fourth-order valence-electron chi connectivity index (χ4n) is 2.25. The van der Waals surface area contributed by atoms with Crippen LogP contribution in [0.2, 0.25) is 0 Å². The molecule has 1 aromatic rings. The number of hydrogen-bond donors (Lipinski definition) is 3. The first-order valence-corrected chi connectivity index (χ1v) is 8.73. The molecule has 3 N–H and O–H groups in total. The lowest BCUT2D eigenvalue weighted by atomic mass is 9.89. The standard InChI is InChI=1S/C19H31FN4O/c1-14(10-11-19(2,3)4)24-18(21-5)23-13-12-22-17(25)15-8-6-7-9-16(15)20/h6-9,14H,10-13H2,1-5H3,(H,22,25)(H2,21,23,24). The zero-order valence-corrected chi connectivity index (χ0v) is 15.9. The van der Waals surface area contributed by atoms with Gasteiger partial charge in [0.15, 0.2) is 5.96 Å². The van der Waals surface area contributed by atoms with Gasteiger partial charge in [-0.25, -0.2) is 4.39 Å². The zero-order valence-electron chi connectivity index (χ0n) is 15.9. The van der Waals surface area contributed by atoms with Gasteiger partial charge in [0, 0.05) is 26.2 Å². The van der Waals surface area contributed by atoms with E-state index in [-0.39, 0.29) is 5.56 Å². The van der Waals surface area contributed by atoms with Crippen molar-refractivity contribution < 1.29 is 9.18 Å². The van der Waals surface area contributed by atoms with Crippen LogP contribution in [-0.4, -0.2) is 38.0 Å². The second kappa shape index (κ2) is 10.0. The molecule has 6 heteroatoms. The number of aliphatic imine (C=N–C) groups is 1. The molecule has 5 nitrogen and oxygen atoms in total. The molecule has 0 fully saturated rings. The molecule has 0 spiro atoms. The SMILES string of the molecule is CN=C(NCCNC(=O)c1ccccc1F)NC(C)CCC(C)(C)C. The molecule has 25 heavy (non-hydrogen) atoms. The van der Waals surface area contributed by atoms with Gasteiger partial charge in [-0.05, 0) is 37.3 Å². The largest absolute Gasteiger partial charge is 0.355 e. The third kappa shape index (κ3) is 8.52. The van der Waals surface area contributed by atoms with Gasteiger partial charge < -0.3 is 16.0 Å². The Balaban J connectivity index is 2.31. The first-order valence-electron chi connectivity index (χ1n) is 8.73. The van der Waals surface area contributed by atoms with E-state index in [1.165, 1.54) is 12.1 Å². The van der Waals surface area contributed by atoms with E-state index in [2.05, 4.69) is 48.6 Å². The number of benzene rings is 1. The highest BCUT2D eigenvalue weighted by atomic mass is 19.1. The highest BCUT2D eigenvalue weighted by Crippen LogP contribution is 2.21. The van der Waals surface area contributed by atoms with Crippen molar-refractivity contribution >= 4 is 11.9 Å². The summed E-state index contributed by atoms with van der Waals surface area (Å²) in [5.74, 6) is -0.235. The van der Waals surface area contributed by atoms with Gasteiger partial charge in [-0.3, -0.25) is 9.79 Å². The molecule has 0 saturated heterocycles. The highest BCUT2D eigenvalue weighted by Gasteiger charge is 2.13. The van der Waals surface area contributed by atoms with Gasteiger partial charge in [0.05, 0.1) is 5.56 Å². The summed E-state index contributed by atoms with van der Waals surface area (Å²) in [6, 6.07) is 6.25. The van der Waals surface area contributed by atoms with Crippen molar-refractivity contribution in [2.24, 2.45) is 10.4 Å². The van der Waals surface area contributed by atoms with Gasteiger partial charge in [-0.1, -0.05) is 32.9 Å². The first kappa shape index (κ1) is 20.9. The second-order valence-corrected chi connectivity index (χ2v) is 7.38. The third-order valence-electron chi connectivity index (χ3n) is 3.76. The van der Waals surface area contributed by atoms with E-state index in [0.29, 0.717) is 30.5 Å². The van der Waals surface area contributed by atoms with Crippen molar-refractivity contribution in [1.82, 2.24) is 16.0 Å². The maximum absolute atomic E-state index is 13.5. The van der Waals surface area contributed by atoms with E-state index in [1.807, 2.05) is 0 Å². The fourth-order valence-corrected chi connectivity index (χ4v) is 2.25. The number of nitrogens with one attached hydrogen (secondary N) is 3. The lowest BCUT2D eigenvalue weighted by Crippen LogP contribution is -2.45. The quantitative estimate of drug-likeness (QED) is 0.402. The fraction of sp³-hybridized carbons (Fsp3) is 0.579. The molecule has 0 saturated carbocycles. The summed E-state index contributed by atoms with van der Waals surface area (Å²) in [6.45, 7) is 9.69. The lowest BCUT2D eigenvalue weighted by Gasteiger charge is -2.23. The normalized spacial score (nSPS) is 13.3. The maximum Gasteiger partial charge on any atom is 0.254 e. The Morgan fingerprint density at radius 2 is 1.84 bits per heavy atom. The minimum absolute atomic E-state index is 0.0563. The van der Waals surface area contributed by atoms with Crippen LogP contribution in [0.25, 0.3) is 0 Å². The summed E-state index contributed by atoms with van der Waals surface area (Å²) in [4.78, 5) is 16.1. The number of halogens is 1. The molecule has 0 aliphatic heterocycles. The predicted octanol–water partition coefficient (Wildman–Crippen LogP) is 2.94. The third-order valence-corrected chi connectivity index (χ3v) is 3.76. The average Bonchev–Trinajstić information content (AvgIpc) is 2.55. The Hall–Kier alpha value is -2.11. The summed E-state index contributed by atoms with van der Waals surface area (Å²) in [6.07, 6.45) is 2.17. The molecule has 140 valence electrons. The number of carbonyl (C=O) groups is 1. The van der Waals surface area contributed by atoms with Crippen LogP contribution in [-0.2, 0) is 0 Å². The molecule has 1 atom stereocenters. The molecular formula is C19H31FN4O. The number of guanidine groups is 1. The van der Waals surface area contributed by atoms with Crippen molar-refractivity contribution in [2.75, 3.05) is 20.1 Å². The van der Waals surface area contributed by atoms with Crippen molar-refractivity contribution in [3.63, 3.8) is 0 Å². The molecule has 1 aromatic carbocycles. The summed E-state index contributed by atoms with van der Waals surface area (Å²) < 4.78 is 13.5. The zero-order chi connectivity index (χ0) is 18.9. The van der Waals surface area contributed by atoms with Crippen molar-refractivity contribution in [3.8, 4) is 0 Å². The molecule has 1 amide bonds. The van der Waals surface area contributed by atoms with Gasteiger partial charge in [0.2, 0.25) is 0 Å². The molecule has 0 bridgehead atoms. The van der Waals surface area contributed by atoms with Crippen molar-refractivity contribution in [2.45, 2.75) is 46.6 Å². The van der Waals surface area contributed by atoms with Crippen LogP contribution in [0.4, 0.5) is 4.39 Å². The van der Waals surface area contributed by atoms with Crippen LogP contribution in [0.3, 0.4) is 0 Å². The molecule has 1 rings (SSSR count). The molecule has 0 radical (unpaired) electrons. The monoisotopic (exact) mass is 350 g/mol. The molecule has 0 aliphatic rings. The number of nitrogens with zero attached hydrogens (tertiary/aromatic N) is 1. The Kier molecular flexibility index (Phi) is 8.38. The van der Waals surface area contributed by atoms with Crippen molar-refractivity contribution in [1.29, 1.82) is 0 Å². The van der Waals surface area contributed by atoms with E-state index in [4.69, 9.17) is 0 Å². The summed E-state index contributed by atoms with van der Waals surface area (Å²) in [5, 5.41) is 9.18. The van der Waals surface area contributed by atoms with Gasteiger partial charge in [-0.2, -0.15) is 0 Å². The highest BCUT2D eigenvalue weighted by molar-refractivity contribution is 5.94. The van der Waals surface area contributed by atoms with E-state index in [9.17, 15) is 9.18 Å². The van der Waals surface area contributed by atoms with Crippen LogP contribution in [0.5, 0.6) is 0 Å². The van der Waals surface area contributed by atoms with Crippen molar-refractivity contribution in [3.05, 3.63) is 35.6 Å². The maximum atomic E-state index is 13.5. The van der Waals surface area contributed by atoms with Gasteiger partial charge in [-0.15, -0.1) is 0 Å².